The SMILES string of the molecule is CCCCCN1CC=C[C@]23S[C@]4(C)/C=C\CCCOC(=O)[C@@H]4[C@H]2C(=O)N([C@@H](CO)C(C)C)C3C1=O. The van der Waals surface area contributed by atoms with E-state index >= 15 is 0 Å². The number of ether oxygens (including phenoxy) is 1. The van der Waals surface area contributed by atoms with Crippen LogP contribution in [0.4, 0.5) is 0 Å². The van der Waals surface area contributed by atoms with Gasteiger partial charge in [0.05, 0.1) is 35.8 Å². The predicted molar refractivity (Wildman–Crippen MR) is 137 cm³/mol. The van der Waals surface area contributed by atoms with Gasteiger partial charge < -0.3 is 19.6 Å². The van der Waals surface area contributed by atoms with Crippen molar-refractivity contribution in [3.63, 3.8) is 0 Å². The Kier molecular flexibility index (Phi) is 7.72. The fourth-order valence-corrected chi connectivity index (χ4v) is 8.49. The number of esters is 1. The maximum atomic E-state index is 14.3. The zero-order valence-electron chi connectivity index (χ0n) is 21.4. The van der Waals surface area contributed by atoms with Gasteiger partial charge in [-0.05, 0) is 32.1 Å². The average molecular weight is 505 g/mol. The Balaban J connectivity index is 1.85. The van der Waals surface area contributed by atoms with Crippen LogP contribution in [0.25, 0.3) is 0 Å². The lowest BCUT2D eigenvalue weighted by molar-refractivity contribution is -0.155. The highest BCUT2D eigenvalue weighted by atomic mass is 32.2. The molecule has 2 saturated heterocycles. The van der Waals surface area contributed by atoms with Crippen molar-refractivity contribution in [2.45, 2.75) is 81.4 Å². The fraction of sp³-hybridized carbons (Fsp3) is 0.741. The van der Waals surface area contributed by atoms with Crippen LogP contribution in [0.3, 0.4) is 0 Å². The van der Waals surface area contributed by atoms with Gasteiger partial charge in [0, 0.05) is 17.8 Å². The summed E-state index contributed by atoms with van der Waals surface area (Å²) in [4.78, 5) is 45.4. The van der Waals surface area contributed by atoms with Crippen molar-refractivity contribution in [3.8, 4) is 0 Å². The average Bonchev–Trinajstić information content (AvgIpc) is 3.16. The summed E-state index contributed by atoms with van der Waals surface area (Å²) in [5.74, 6) is -2.13. The molecule has 0 radical (unpaired) electrons. The number of nitrogens with zero attached hydrogens (tertiary/aromatic N) is 2. The smallest absolute Gasteiger partial charge is 0.311 e. The number of hydrogen-bond donors (Lipinski definition) is 1. The number of unbranched alkanes of at least 4 members (excludes halogenated alkanes) is 2. The largest absolute Gasteiger partial charge is 0.465 e. The zero-order chi connectivity index (χ0) is 25.4. The number of aliphatic hydroxyl groups excluding tert-OH is 1. The molecule has 0 aromatic rings. The molecule has 1 spiro atoms. The summed E-state index contributed by atoms with van der Waals surface area (Å²) < 4.78 is 4.10. The second-order valence-corrected chi connectivity index (χ2v) is 12.6. The molecule has 4 heterocycles. The summed E-state index contributed by atoms with van der Waals surface area (Å²) in [6.45, 7) is 9.27. The minimum absolute atomic E-state index is 0.0443. The Bertz CT molecular complexity index is 904. The van der Waals surface area contributed by atoms with Crippen molar-refractivity contribution < 1.29 is 24.2 Å². The van der Waals surface area contributed by atoms with Crippen molar-refractivity contribution in [1.82, 2.24) is 9.80 Å². The van der Waals surface area contributed by atoms with Gasteiger partial charge in [-0.15, -0.1) is 11.8 Å². The normalized spacial score (nSPS) is 36.6. The molecule has 0 aromatic heterocycles. The Morgan fingerprint density at radius 1 is 1.14 bits per heavy atom. The maximum absolute atomic E-state index is 14.3. The molecule has 0 saturated carbocycles. The van der Waals surface area contributed by atoms with Gasteiger partial charge in [0.1, 0.15) is 6.04 Å². The minimum Gasteiger partial charge on any atom is -0.465 e. The van der Waals surface area contributed by atoms with Gasteiger partial charge in [-0.2, -0.15) is 0 Å². The predicted octanol–water partition coefficient (Wildman–Crippen LogP) is 3.17. The molecule has 194 valence electrons. The van der Waals surface area contributed by atoms with Crippen LogP contribution >= 0.6 is 11.8 Å². The number of amides is 2. The Labute approximate surface area is 213 Å². The molecule has 2 amide bonds. The van der Waals surface area contributed by atoms with Crippen LogP contribution in [0.2, 0.25) is 0 Å². The van der Waals surface area contributed by atoms with Gasteiger partial charge in [-0.25, -0.2) is 0 Å². The third kappa shape index (κ3) is 4.35. The molecule has 1 N–H and O–H groups in total. The monoisotopic (exact) mass is 504 g/mol. The second-order valence-electron chi connectivity index (χ2n) is 10.8. The number of aliphatic hydroxyl groups is 1. The number of fused-ring (bicyclic) bond motifs is 2. The van der Waals surface area contributed by atoms with Crippen LogP contribution in [0.1, 0.15) is 59.8 Å². The number of likely N-dealkylation sites (tertiary alicyclic amines) is 1. The van der Waals surface area contributed by atoms with E-state index in [4.69, 9.17) is 4.74 Å². The first-order valence-electron chi connectivity index (χ1n) is 13.2. The van der Waals surface area contributed by atoms with E-state index in [1.165, 1.54) is 0 Å². The van der Waals surface area contributed by atoms with E-state index in [-0.39, 0.29) is 30.3 Å². The summed E-state index contributed by atoms with van der Waals surface area (Å²) in [5, 5.41) is 10.3. The fourth-order valence-electron chi connectivity index (χ4n) is 6.35. The Morgan fingerprint density at radius 3 is 2.60 bits per heavy atom. The van der Waals surface area contributed by atoms with Crippen molar-refractivity contribution in [2.75, 3.05) is 26.3 Å². The quantitative estimate of drug-likeness (QED) is 0.326. The molecule has 4 rings (SSSR count). The third-order valence-electron chi connectivity index (χ3n) is 8.12. The van der Waals surface area contributed by atoms with Crippen LogP contribution in [0.5, 0.6) is 0 Å². The number of thioether (sulfide) groups is 1. The summed E-state index contributed by atoms with van der Waals surface area (Å²) in [7, 11) is 0. The molecule has 7 nitrogen and oxygen atoms in total. The summed E-state index contributed by atoms with van der Waals surface area (Å²) in [6.07, 6.45) is 12.7. The van der Waals surface area contributed by atoms with E-state index in [9.17, 15) is 19.5 Å². The van der Waals surface area contributed by atoms with Crippen LogP contribution in [0.15, 0.2) is 24.3 Å². The summed E-state index contributed by atoms with van der Waals surface area (Å²) >= 11 is 1.56. The molecular weight excluding hydrogens is 464 g/mol. The standard InChI is InChI=1S/C27H40N2O5S/c1-5-6-9-14-28-15-11-13-27-20(21-25(33)34-16-10-7-8-12-26(21,4)35-27)23(31)29(22(27)24(28)32)19(17-30)18(2)3/h8,11-13,18-22,30H,5-7,9-10,14-17H2,1-4H3/b12-8-/t19-,20-,21-,22?,26+,27-/m0/s1. The van der Waals surface area contributed by atoms with Gasteiger partial charge in [-0.3, -0.25) is 14.4 Å². The molecule has 0 aliphatic carbocycles. The number of allylic oxidation sites excluding steroid dienone is 1. The van der Waals surface area contributed by atoms with Crippen molar-refractivity contribution >= 4 is 29.5 Å². The van der Waals surface area contributed by atoms with E-state index in [1.54, 1.807) is 16.7 Å². The van der Waals surface area contributed by atoms with Crippen LogP contribution in [0, 0.1) is 17.8 Å². The van der Waals surface area contributed by atoms with Gasteiger partial charge in [0.15, 0.2) is 0 Å². The molecule has 8 heteroatoms. The van der Waals surface area contributed by atoms with Gasteiger partial charge >= 0.3 is 5.97 Å². The van der Waals surface area contributed by atoms with Crippen molar-refractivity contribution in [2.24, 2.45) is 17.8 Å². The van der Waals surface area contributed by atoms with Crippen molar-refractivity contribution in [3.05, 3.63) is 24.3 Å². The number of rotatable bonds is 7. The van der Waals surface area contributed by atoms with Crippen LogP contribution in [-0.4, -0.2) is 80.6 Å². The highest BCUT2D eigenvalue weighted by molar-refractivity contribution is 8.02. The minimum atomic E-state index is -0.891. The van der Waals surface area contributed by atoms with E-state index in [0.717, 1.165) is 32.1 Å². The number of hydrogen-bond acceptors (Lipinski definition) is 6. The van der Waals surface area contributed by atoms with Crippen LogP contribution in [-0.2, 0) is 19.1 Å². The first kappa shape index (κ1) is 26.3. The third-order valence-corrected chi connectivity index (χ3v) is 9.91. The molecule has 1 unspecified atom stereocenters. The van der Waals surface area contributed by atoms with Gasteiger partial charge in [0.2, 0.25) is 11.8 Å². The highest BCUT2D eigenvalue weighted by Gasteiger charge is 2.74. The lowest BCUT2D eigenvalue weighted by atomic mass is 9.74. The molecule has 4 aliphatic heterocycles. The molecular formula is C27H40N2O5S. The van der Waals surface area contributed by atoms with E-state index in [0.29, 0.717) is 19.7 Å². The molecule has 35 heavy (non-hydrogen) atoms. The molecule has 4 aliphatic rings. The first-order valence-corrected chi connectivity index (χ1v) is 14.0. The highest BCUT2D eigenvalue weighted by Crippen LogP contribution is 2.65. The summed E-state index contributed by atoms with van der Waals surface area (Å²) in [6, 6.07) is -1.27. The molecule has 0 bridgehead atoms. The summed E-state index contributed by atoms with van der Waals surface area (Å²) in [5.41, 5.74) is 0. The molecule has 6 atom stereocenters. The zero-order valence-corrected chi connectivity index (χ0v) is 22.3. The van der Waals surface area contributed by atoms with E-state index in [2.05, 4.69) is 19.1 Å². The lowest BCUT2D eigenvalue weighted by Crippen LogP contribution is -2.58. The van der Waals surface area contributed by atoms with Gasteiger partial charge in [0.25, 0.3) is 0 Å². The van der Waals surface area contributed by atoms with Crippen LogP contribution < -0.4 is 0 Å². The Morgan fingerprint density at radius 2 is 1.91 bits per heavy atom. The van der Waals surface area contributed by atoms with Crippen molar-refractivity contribution in [1.29, 1.82) is 0 Å². The lowest BCUT2D eigenvalue weighted by Gasteiger charge is -2.41. The number of carbonyl (C=O) groups excluding carboxylic acids is 3. The molecule has 2 fully saturated rings. The van der Waals surface area contributed by atoms with E-state index < -0.39 is 33.4 Å². The van der Waals surface area contributed by atoms with Gasteiger partial charge in [-0.1, -0.05) is 57.9 Å². The molecule has 0 aromatic carbocycles. The Hall–Kier alpha value is -1.80. The number of carbonyl (C=O) groups is 3. The number of cyclic esters (lactones) is 1. The maximum Gasteiger partial charge on any atom is 0.311 e. The topological polar surface area (TPSA) is 87.2 Å². The second kappa shape index (κ2) is 10.3. The van der Waals surface area contributed by atoms with E-state index in [1.807, 2.05) is 37.8 Å². The first-order chi connectivity index (χ1) is 16.7.